The van der Waals surface area contributed by atoms with Gasteiger partial charge in [-0.15, -0.1) is 0 Å². The summed E-state index contributed by atoms with van der Waals surface area (Å²) in [5.74, 6) is 0. The van der Waals surface area contributed by atoms with E-state index in [9.17, 15) is 8.42 Å². The van der Waals surface area contributed by atoms with E-state index < -0.39 is 10.4 Å². The molecule has 0 fully saturated rings. The second-order valence-corrected chi connectivity index (χ2v) is 2.34. The predicted molar refractivity (Wildman–Crippen MR) is 44.5 cm³/mol. The molecule has 0 aliphatic carbocycles. The maximum atomic E-state index is 9.72. The Hall–Kier alpha value is 1.09. The van der Waals surface area contributed by atoms with Crippen LogP contribution in [-0.4, -0.2) is 69.5 Å². The van der Waals surface area contributed by atoms with Gasteiger partial charge in [-0.25, -0.2) is 4.18 Å². The van der Waals surface area contributed by atoms with Gasteiger partial charge in [-0.3, -0.25) is 4.55 Å². The minimum atomic E-state index is -4.19. The molecule has 11 heavy (non-hydrogen) atoms. The first-order valence-electron chi connectivity index (χ1n) is 2.63. The molecule has 0 rings (SSSR count). The van der Waals surface area contributed by atoms with Crippen LogP contribution < -0.4 is 0 Å². The van der Waals surface area contributed by atoms with Gasteiger partial charge in [0.1, 0.15) is 0 Å². The average molecular weight is 214 g/mol. The molecule has 0 aliphatic heterocycles. The Kier molecular flexibility index (Phi) is 18.1. The molecule has 0 aliphatic rings. The summed E-state index contributed by atoms with van der Waals surface area (Å²) in [4.78, 5) is 0. The van der Waals surface area contributed by atoms with E-state index in [-0.39, 0.29) is 44.3 Å². The Labute approximate surface area is 96.7 Å². The summed E-state index contributed by atoms with van der Waals surface area (Å²) in [5.41, 5.74) is 0. The monoisotopic (exact) mass is 214 g/mol. The van der Waals surface area contributed by atoms with Crippen molar-refractivity contribution in [3.05, 3.63) is 0 Å². The molecule has 5 nitrogen and oxygen atoms in total. The Bertz CT molecular complexity index is 143. The van der Waals surface area contributed by atoms with Crippen molar-refractivity contribution in [1.82, 2.24) is 0 Å². The standard InChI is InChI=1S/C3H8O4S.CH4O.Ca.2H/c1-2-3-7-8(4,5)6;1-2;;;/h2-3H2,1H3,(H,4,5,6);2H,1H3;;;. The molecular formula is C4H14CaO5S. The third-order valence-corrected chi connectivity index (χ3v) is 0.901. The van der Waals surface area contributed by atoms with Crippen molar-refractivity contribution in [2.45, 2.75) is 13.3 Å². The van der Waals surface area contributed by atoms with Gasteiger partial charge >= 0.3 is 48.1 Å². The van der Waals surface area contributed by atoms with Crippen LogP contribution in [0, 0.1) is 0 Å². The molecule has 0 spiro atoms. The van der Waals surface area contributed by atoms with Crippen LogP contribution in [0.5, 0.6) is 0 Å². The van der Waals surface area contributed by atoms with E-state index in [0.717, 1.165) is 7.11 Å². The number of rotatable bonds is 3. The van der Waals surface area contributed by atoms with Crippen molar-refractivity contribution in [1.29, 1.82) is 0 Å². The van der Waals surface area contributed by atoms with E-state index in [0.29, 0.717) is 6.42 Å². The molecule has 0 radical (unpaired) electrons. The first-order chi connectivity index (χ1) is 4.56. The molecule has 0 aromatic carbocycles. The molecule has 0 aromatic heterocycles. The third-order valence-electron chi connectivity index (χ3n) is 0.436. The molecule has 68 valence electrons. The fourth-order valence-corrected chi connectivity index (χ4v) is 0.566. The molecule has 2 N–H and O–H groups in total. The van der Waals surface area contributed by atoms with Gasteiger partial charge in [0, 0.05) is 7.11 Å². The molecule has 0 atom stereocenters. The number of hydrogen-bond acceptors (Lipinski definition) is 4. The molecule has 0 unspecified atom stereocenters. The van der Waals surface area contributed by atoms with E-state index in [1.54, 1.807) is 6.92 Å². The van der Waals surface area contributed by atoms with Gasteiger partial charge in [-0.2, -0.15) is 8.42 Å². The van der Waals surface area contributed by atoms with Crippen LogP contribution in [0.25, 0.3) is 0 Å². The van der Waals surface area contributed by atoms with Crippen LogP contribution >= 0.6 is 0 Å². The average Bonchev–Trinajstić information content (AvgIpc) is 1.87. The van der Waals surface area contributed by atoms with Crippen LogP contribution in [0.2, 0.25) is 0 Å². The van der Waals surface area contributed by atoms with Crippen molar-refractivity contribution < 1.29 is 22.3 Å². The van der Waals surface area contributed by atoms with E-state index in [2.05, 4.69) is 4.18 Å². The van der Waals surface area contributed by atoms with Gasteiger partial charge in [0.15, 0.2) is 0 Å². The molecule has 0 aromatic rings. The topological polar surface area (TPSA) is 83.8 Å². The van der Waals surface area contributed by atoms with Crippen LogP contribution in [0.4, 0.5) is 0 Å². The zero-order chi connectivity index (χ0) is 8.62. The summed E-state index contributed by atoms with van der Waals surface area (Å²) in [6.07, 6.45) is 0.569. The zero-order valence-electron chi connectivity index (χ0n) is 5.94. The molecule has 0 saturated heterocycles. The summed E-state index contributed by atoms with van der Waals surface area (Å²) >= 11 is 0. The second kappa shape index (κ2) is 11.1. The normalized spacial score (nSPS) is 9.09. The Morgan fingerprint density at radius 1 is 1.36 bits per heavy atom. The fourth-order valence-electron chi connectivity index (χ4n) is 0.189. The summed E-state index contributed by atoms with van der Waals surface area (Å²) in [7, 11) is -3.19. The molecule has 0 heterocycles. The summed E-state index contributed by atoms with van der Waals surface area (Å²) < 4.78 is 31.3. The van der Waals surface area contributed by atoms with Crippen molar-refractivity contribution in [3.8, 4) is 0 Å². The third kappa shape index (κ3) is 24.7. The van der Waals surface area contributed by atoms with Crippen molar-refractivity contribution in [3.63, 3.8) is 0 Å². The van der Waals surface area contributed by atoms with Crippen LogP contribution in [0.1, 0.15) is 13.3 Å². The van der Waals surface area contributed by atoms with Crippen molar-refractivity contribution in [2.24, 2.45) is 0 Å². The molecule has 0 saturated carbocycles. The molecule has 0 bridgehead atoms. The Morgan fingerprint density at radius 2 is 1.73 bits per heavy atom. The SMILES string of the molecule is CCCOS(=O)(=O)O.CO.[CaH2]. The number of aliphatic hydroxyl groups is 1. The number of aliphatic hydroxyl groups excluding tert-OH is 1. The van der Waals surface area contributed by atoms with Gasteiger partial charge in [0.05, 0.1) is 6.61 Å². The van der Waals surface area contributed by atoms with Crippen LogP contribution in [0.3, 0.4) is 0 Å². The van der Waals surface area contributed by atoms with Gasteiger partial charge in [-0.1, -0.05) is 6.92 Å². The second-order valence-electron chi connectivity index (χ2n) is 1.25. The maximum absolute atomic E-state index is 9.72. The van der Waals surface area contributed by atoms with Gasteiger partial charge < -0.3 is 5.11 Å². The van der Waals surface area contributed by atoms with Gasteiger partial charge in [0.2, 0.25) is 0 Å². The van der Waals surface area contributed by atoms with E-state index in [1.807, 2.05) is 0 Å². The predicted octanol–water partition coefficient (Wildman–Crippen LogP) is -1.09. The van der Waals surface area contributed by atoms with Gasteiger partial charge in [-0.05, 0) is 6.42 Å². The summed E-state index contributed by atoms with van der Waals surface area (Å²) in [6.45, 7) is 1.78. The van der Waals surface area contributed by atoms with Crippen LogP contribution in [-0.2, 0) is 14.6 Å². The first kappa shape index (κ1) is 18.0. The number of hydrogen-bond donors (Lipinski definition) is 2. The Balaban J connectivity index is -0.000000196. The van der Waals surface area contributed by atoms with E-state index in [4.69, 9.17) is 9.66 Å². The van der Waals surface area contributed by atoms with Crippen LogP contribution in [0.15, 0.2) is 0 Å². The van der Waals surface area contributed by atoms with E-state index >= 15 is 0 Å². The molecule has 7 heteroatoms. The first-order valence-corrected chi connectivity index (χ1v) is 3.99. The minimum absolute atomic E-state index is 0. The zero-order valence-corrected chi connectivity index (χ0v) is 6.76. The van der Waals surface area contributed by atoms with Crippen molar-refractivity contribution >= 4 is 48.1 Å². The Morgan fingerprint density at radius 3 is 1.82 bits per heavy atom. The van der Waals surface area contributed by atoms with Crippen molar-refractivity contribution in [2.75, 3.05) is 13.7 Å². The quantitative estimate of drug-likeness (QED) is 0.460. The fraction of sp³-hybridized carbons (Fsp3) is 1.00. The summed E-state index contributed by atoms with van der Waals surface area (Å²) in [5, 5.41) is 7.00. The van der Waals surface area contributed by atoms with E-state index in [1.165, 1.54) is 0 Å². The molecule has 0 amide bonds. The summed E-state index contributed by atoms with van der Waals surface area (Å²) in [6, 6.07) is 0. The molecular weight excluding hydrogens is 200 g/mol. The van der Waals surface area contributed by atoms with Gasteiger partial charge in [0.25, 0.3) is 0 Å².